The average Bonchev–Trinajstić information content (AvgIpc) is 2.95. The molecule has 19 heavy (non-hydrogen) atoms. The summed E-state index contributed by atoms with van der Waals surface area (Å²) in [7, 11) is 0. The lowest BCUT2D eigenvalue weighted by Crippen LogP contribution is -2.29. The van der Waals surface area contributed by atoms with Crippen LogP contribution in [0.1, 0.15) is 25.3 Å². The number of hydrogen-bond acceptors (Lipinski definition) is 3. The lowest BCUT2D eigenvalue weighted by atomic mass is 10.0. The molecule has 5 heteroatoms. The third-order valence-electron chi connectivity index (χ3n) is 3.70. The number of fused-ring (bicyclic) bond motifs is 1. The predicted molar refractivity (Wildman–Crippen MR) is 75.4 cm³/mol. The molecule has 1 saturated heterocycles. The van der Waals surface area contributed by atoms with Crippen LogP contribution in [0, 0.1) is 16.1 Å². The smallest absolute Gasteiger partial charge is 0.178 e. The van der Waals surface area contributed by atoms with Crippen LogP contribution in [0.25, 0.3) is 11.0 Å². The summed E-state index contributed by atoms with van der Waals surface area (Å²) < 4.78 is 8.55. The van der Waals surface area contributed by atoms with Crippen LogP contribution in [0.15, 0.2) is 18.2 Å². The second kappa shape index (κ2) is 4.48. The molecular weight excluding hydrogens is 258 g/mol. The van der Waals surface area contributed by atoms with Crippen molar-refractivity contribution in [2.45, 2.75) is 31.9 Å². The molecule has 1 aliphatic heterocycles. The van der Waals surface area contributed by atoms with Crippen LogP contribution in [0.5, 0.6) is 0 Å². The topological polar surface area (TPSA) is 53.7 Å². The van der Waals surface area contributed by atoms with Gasteiger partial charge in [0.05, 0.1) is 34.8 Å². The number of imidazole rings is 1. The molecule has 1 N–H and O–H groups in total. The number of ether oxygens (including phenoxy) is 1. The molecule has 2 heterocycles. The van der Waals surface area contributed by atoms with E-state index >= 15 is 0 Å². The number of nitriles is 1. The Morgan fingerprint density at radius 3 is 3.11 bits per heavy atom. The number of nitrogens with one attached hydrogen (secondary N) is 1. The van der Waals surface area contributed by atoms with Gasteiger partial charge in [-0.15, -0.1) is 0 Å². The van der Waals surface area contributed by atoms with Gasteiger partial charge >= 0.3 is 0 Å². The Bertz CT molecular complexity index is 716. The molecule has 1 aromatic heterocycles. The minimum Gasteiger partial charge on any atom is -0.373 e. The number of aromatic nitrogens is 2. The van der Waals surface area contributed by atoms with Gasteiger partial charge in [0.2, 0.25) is 0 Å². The van der Waals surface area contributed by atoms with Crippen molar-refractivity contribution < 1.29 is 4.74 Å². The molecule has 1 aromatic carbocycles. The molecule has 3 rings (SSSR count). The fourth-order valence-corrected chi connectivity index (χ4v) is 2.95. The van der Waals surface area contributed by atoms with E-state index in [2.05, 4.69) is 18.0 Å². The first kappa shape index (κ1) is 12.4. The largest absolute Gasteiger partial charge is 0.373 e. The SMILES string of the molecule is CC1(Cn2c(=S)[nH]c3ccc(C#N)cc32)CCCO1. The van der Waals surface area contributed by atoms with E-state index in [-0.39, 0.29) is 5.60 Å². The van der Waals surface area contributed by atoms with Gasteiger partial charge in [-0.05, 0) is 50.2 Å². The summed E-state index contributed by atoms with van der Waals surface area (Å²) in [5.41, 5.74) is 2.43. The summed E-state index contributed by atoms with van der Waals surface area (Å²) in [5.74, 6) is 0. The van der Waals surface area contributed by atoms with Crippen LogP contribution in [-0.2, 0) is 11.3 Å². The van der Waals surface area contributed by atoms with E-state index in [1.165, 1.54) is 0 Å². The van der Waals surface area contributed by atoms with Crippen LogP contribution < -0.4 is 0 Å². The Morgan fingerprint density at radius 2 is 2.42 bits per heavy atom. The molecular formula is C14H15N3OS. The van der Waals surface area contributed by atoms with Crippen molar-refractivity contribution >= 4 is 23.3 Å². The van der Waals surface area contributed by atoms with Crippen LogP contribution in [0.2, 0.25) is 0 Å². The average molecular weight is 273 g/mol. The molecule has 1 atom stereocenters. The fraction of sp³-hybridized carbons (Fsp3) is 0.429. The van der Waals surface area contributed by atoms with Crippen LogP contribution in [-0.4, -0.2) is 21.8 Å². The minimum absolute atomic E-state index is 0.157. The summed E-state index contributed by atoms with van der Waals surface area (Å²) in [4.78, 5) is 3.18. The summed E-state index contributed by atoms with van der Waals surface area (Å²) in [5, 5.41) is 9.01. The van der Waals surface area contributed by atoms with E-state index in [1.807, 2.05) is 16.7 Å². The van der Waals surface area contributed by atoms with E-state index in [1.54, 1.807) is 6.07 Å². The summed E-state index contributed by atoms with van der Waals surface area (Å²) in [6.45, 7) is 3.66. The van der Waals surface area contributed by atoms with Crippen molar-refractivity contribution in [1.82, 2.24) is 9.55 Å². The minimum atomic E-state index is -0.157. The maximum absolute atomic E-state index is 9.01. The van der Waals surface area contributed by atoms with Crippen LogP contribution in [0.4, 0.5) is 0 Å². The van der Waals surface area contributed by atoms with Crippen molar-refractivity contribution in [3.63, 3.8) is 0 Å². The predicted octanol–water partition coefficient (Wildman–Crippen LogP) is 3.14. The monoisotopic (exact) mass is 273 g/mol. The first-order valence-corrected chi connectivity index (χ1v) is 6.79. The molecule has 4 nitrogen and oxygen atoms in total. The molecule has 1 aliphatic rings. The van der Waals surface area contributed by atoms with E-state index in [4.69, 9.17) is 22.2 Å². The van der Waals surface area contributed by atoms with E-state index < -0.39 is 0 Å². The lowest BCUT2D eigenvalue weighted by molar-refractivity contribution is 0.00679. The molecule has 0 aliphatic carbocycles. The molecule has 0 bridgehead atoms. The van der Waals surface area contributed by atoms with Gasteiger partial charge in [-0.1, -0.05) is 0 Å². The Morgan fingerprint density at radius 1 is 1.58 bits per heavy atom. The first-order chi connectivity index (χ1) is 9.11. The van der Waals surface area contributed by atoms with Crippen molar-refractivity contribution in [1.29, 1.82) is 5.26 Å². The Balaban J connectivity index is 2.09. The van der Waals surface area contributed by atoms with Crippen LogP contribution in [0.3, 0.4) is 0 Å². The fourth-order valence-electron chi connectivity index (χ4n) is 2.68. The van der Waals surface area contributed by atoms with Gasteiger partial charge < -0.3 is 14.3 Å². The van der Waals surface area contributed by atoms with Gasteiger partial charge in [0.1, 0.15) is 0 Å². The number of rotatable bonds is 2. The second-order valence-electron chi connectivity index (χ2n) is 5.26. The maximum atomic E-state index is 9.01. The van der Waals surface area contributed by atoms with Gasteiger partial charge in [-0.3, -0.25) is 0 Å². The van der Waals surface area contributed by atoms with Crippen molar-refractivity contribution in [2.75, 3.05) is 6.61 Å². The standard InChI is InChI=1S/C14H15N3OS/c1-14(5-2-6-18-14)9-17-12-7-10(8-15)3-4-11(12)16-13(17)19/h3-4,7H,2,5-6,9H2,1H3,(H,16,19). The molecule has 1 fully saturated rings. The molecule has 0 saturated carbocycles. The number of nitrogens with zero attached hydrogens (tertiary/aromatic N) is 2. The molecule has 0 radical (unpaired) electrons. The zero-order chi connectivity index (χ0) is 13.5. The highest BCUT2D eigenvalue weighted by atomic mass is 32.1. The van der Waals surface area contributed by atoms with Crippen molar-refractivity contribution in [3.8, 4) is 6.07 Å². The van der Waals surface area contributed by atoms with Crippen LogP contribution >= 0.6 is 12.2 Å². The Kier molecular flexibility index (Phi) is 2.92. The van der Waals surface area contributed by atoms with Crippen molar-refractivity contribution in [3.05, 3.63) is 28.5 Å². The number of H-pyrrole nitrogens is 1. The van der Waals surface area contributed by atoms with E-state index in [0.29, 0.717) is 10.3 Å². The summed E-state index contributed by atoms with van der Waals surface area (Å²) >= 11 is 5.39. The lowest BCUT2D eigenvalue weighted by Gasteiger charge is -2.23. The highest BCUT2D eigenvalue weighted by Crippen LogP contribution is 2.28. The second-order valence-corrected chi connectivity index (χ2v) is 5.65. The molecule has 1 unspecified atom stereocenters. The Labute approximate surface area is 116 Å². The highest BCUT2D eigenvalue weighted by molar-refractivity contribution is 7.71. The summed E-state index contributed by atoms with van der Waals surface area (Å²) in [6.07, 6.45) is 2.13. The molecule has 0 spiro atoms. The third kappa shape index (κ3) is 2.18. The Hall–Kier alpha value is -1.64. The molecule has 98 valence electrons. The maximum Gasteiger partial charge on any atom is 0.178 e. The first-order valence-electron chi connectivity index (χ1n) is 6.38. The number of aromatic amines is 1. The van der Waals surface area contributed by atoms with Gasteiger partial charge in [0, 0.05) is 6.61 Å². The zero-order valence-electron chi connectivity index (χ0n) is 10.8. The van der Waals surface area contributed by atoms with E-state index in [9.17, 15) is 0 Å². The highest BCUT2D eigenvalue weighted by Gasteiger charge is 2.30. The van der Waals surface area contributed by atoms with Gasteiger partial charge in [0.25, 0.3) is 0 Å². The number of benzene rings is 1. The summed E-state index contributed by atoms with van der Waals surface area (Å²) in [6, 6.07) is 7.74. The molecule has 0 amide bonds. The number of hydrogen-bond donors (Lipinski definition) is 1. The molecule has 2 aromatic rings. The van der Waals surface area contributed by atoms with Gasteiger partial charge in [-0.25, -0.2) is 0 Å². The quantitative estimate of drug-likeness (QED) is 0.855. The van der Waals surface area contributed by atoms with Gasteiger partial charge in [0.15, 0.2) is 4.77 Å². The van der Waals surface area contributed by atoms with Crippen molar-refractivity contribution in [2.24, 2.45) is 0 Å². The third-order valence-corrected chi connectivity index (χ3v) is 4.02. The normalized spacial score (nSPS) is 22.7. The van der Waals surface area contributed by atoms with Gasteiger partial charge in [-0.2, -0.15) is 5.26 Å². The zero-order valence-corrected chi connectivity index (χ0v) is 11.6. The van der Waals surface area contributed by atoms with E-state index in [0.717, 1.165) is 37.0 Å².